The number of nitrogens with zero attached hydrogens (tertiary/aromatic N) is 2. The van der Waals surface area contributed by atoms with Crippen LogP contribution < -0.4 is 10.1 Å². The SMILES string of the molecule is CCOC(=O)c1ccc2ccc(Oc3ccnc(C(=O)NC)c3)cc2n1. The third-order valence-electron chi connectivity index (χ3n) is 3.57. The molecule has 0 bridgehead atoms. The van der Waals surface area contributed by atoms with Crippen LogP contribution in [0, 0.1) is 0 Å². The minimum Gasteiger partial charge on any atom is -0.461 e. The number of benzene rings is 1. The van der Waals surface area contributed by atoms with Crippen LogP contribution in [0.25, 0.3) is 10.9 Å². The smallest absolute Gasteiger partial charge is 0.356 e. The van der Waals surface area contributed by atoms with Crippen molar-refractivity contribution in [2.45, 2.75) is 6.92 Å². The van der Waals surface area contributed by atoms with E-state index in [9.17, 15) is 9.59 Å². The molecule has 1 amide bonds. The highest BCUT2D eigenvalue weighted by molar-refractivity contribution is 5.92. The molecule has 0 aliphatic carbocycles. The number of ether oxygens (including phenoxy) is 2. The molecule has 2 heterocycles. The lowest BCUT2D eigenvalue weighted by molar-refractivity contribution is 0.0520. The molecule has 0 saturated heterocycles. The zero-order valence-electron chi connectivity index (χ0n) is 14.4. The van der Waals surface area contributed by atoms with Crippen molar-refractivity contribution in [2.24, 2.45) is 0 Å². The predicted molar refractivity (Wildman–Crippen MR) is 95.4 cm³/mol. The molecule has 1 N–H and O–H groups in total. The van der Waals surface area contributed by atoms with Crippen LogP contribution in [0.3, 0.4) is 0 Å². The monoisotopic (exact) mass is 351 g/mol. The van der Waals surface area contributed by atoms with E-state index in [1.165, 1.54) is 13.2 Å². The van der Waals surface area contributed by atoms with Crippen LogP contribution in [0.1, 0.15) is 27.9 Å². The van der Waals surface area contributed by atoms with Crippen LogP contribution in [0.4, 0.5) is 0 Å². The maximum absolute atomic E-state index is 11.8. The third-order valence-corrected chi connectivity index (χ3v) is 3.57. The van der Waals surface area contributed by atoms with Crippen molar-refractivity contribution in [1.82, 2.24) is 15.3 Å². The van der Waals surface area contributed by atoms with Crippen LogP contribution in [0.2, 0.25) is 0 Å². The molecule has 0 atom stereocenters. The van der Waals surface area contributed by atoms with Crippen molar-refractivity contribution in [3.05, 3.63) is 60.0 Å². The molecule has 2 aromatic heterocycles. The van der Waals surface area contributed by atoms with E-state index in [0.717, 1.165) is 5.39 Å². The van der Waals surface area contributed by atoms with Gasteiger partial charge in [0.1, 0.15) is 22.9 Å². The summed E-state index contributed by atoms with van der Waals surface area (Å²) in [5.74, 6) is 0.236. The molecular weight excluding hydrogens is 334 g/mol. The second-order valence-electron chi connectivity index (χ2n) is 5.33. The Hall–Kier alpha value is -3.48. The first-order valence-corrected chi connectivity index (χ1v) is 8.04. The lowest BCUT2D eigenvalue weighted by Crippen LogP contribution is -2.18. The van der Waals surface area contributed by atoms with Gasteiger partial charge in [0.2, 0.25) is 0 Å². The van der Waals surface area contributed by atoms with Gasteiger partial charge in [-0.1, -0.05) is 6.07 Å². The number of hydrogen-bond donors (Lipinski definition) is 1. The molecule has 26 heavy (non-hydrogen) atoms. The van der Waals surface area contributed by atoms with Crippen molar-refractivity contribution in [2.75, 3.05) is 13.7 Å². The maximum Gasteiger partial charge on any atom is 0.356 e. The van der Waals surface area contributed by atoms with Gasteiger partial charge in [-0.25, -0.2) is 9.78 Å². The molecule has 0 aliphatic heterocycles. The van der Waals surface area contributed by atoms with Gasteiger partial charge in [-0.2, -0.15) is 0 Å². The van der Waals surface area contributed by atoms with Gasteiger partial charge >= 0.3 is 5.97 Å². The van der Waals surface area contributed by atoms with E-state index in [0.29, 0.717) is 17.0 Å². The van der Waals surface area contributed by atoms with Gasteiger partial charge in [-0.05, 0) is 31.2 Å². The Morgan fingerprint density at radius 1 is 1.04 bits per heavy atom. The van der Waals surface area contributed by atoms with Gasteiger partial charge in [0.15, 0.2) is 0 Å². The number of amides is 1. The Bertz CT molecular complexity index is 972. The number of rotatable bonds is 5. The first-order chi connectivity index (χ1) is 12.6. The molecular formula is C19H17N3O4. The van der Waals surface area contributed by atoms with Gasteiger partial charge < -0.3 is 14.8 Å². The number of carbonyl (C=O) groups is 2. The van der Waals surface area contributed by atoms with Gasteiger partial charge in [0.05, 0.1) is 12.1 Å². The van der Waals surface area contributed by atoms with E-state index < -0.39 is 5.97 Å². The van der Waals surface area contributed by atoms with Crippen molar-refractivity contribution in [3.8, 4) is 11.5 Å². The summed E-state index contributed by atoms with van der Waals surface area (Å²) in [6, 6.07) is 12.0. The van der Waals surface area contributed by atoms with Gasteiger partial charge in [-0.3, -0.25) is 9.78 Å². The van der Waals surface area contributed by atoms with Crippen LogP contribution in [0.15, 0.2) is 48.7 Å². The highest BCUT2D eigenvalue weighted by Crippen LogP contribution is 2.25. The summed E-state index contributed by atoms with van der Waals surface area (Å²) < 4.78 is 10.8. The van der Waals surface area contributed by atoms with Crippen LogP contribution in [-0.2, 0) is 4.74 Å². The highest BCUT2D eigenvalue weighted by atomic mass is 16.5. The lowest BCUT2D eigenvalue weighted by atomic mass is 10.2. The van der Waals surface area contributed by atoms with Crippen molar-refractivity contribution in [3.63, 3.8) is 0 Å². The molecule has 3 aromatic rings. The highest BCUT2D eigenvalue weighted by Gasteiger charge is 2.10. The number of pyridine rings is 2. The summed E-state index contributed by atoms with van der Waals surface area (Å²) in [6.07, 6.45) is 1.50. The molecule has 0 saturated carbocycles. The quantitative estimate of drug-likeness (QED) is 0.711. The summed E-state index contributed by atoms with van der Waals surface area (Å²) in [6.45, 7) is 2.03. The van der Waals surface area contributed by atoms with Crippen molar-refractivity contribution >= 4 is 22.8 Å². The number of esters is 1. The van der Waals surface area contributed by atoms with Crippen LogP contribution in [0.5, 0.6) is 11.5 Å². The number of nitrogens with one attached hydrogen (secondary N) is 1. The maximum atomic E-state index is 11.8. The van der Waals surface area contributed by atoms with E-state index in [1.807, 2.05) is 6.07 Å². The molecule has 0 radical (unpaired) electrons. The summed E-state index contributed by atoms with van der Waals surface area (Å²) >= 11 is 0. The van der Waals surface area contributed by atoms with Crippen molar-refractivity contribution in [1.29, 1.82) is 0 Å². The predicted octanol–water partition coefficient (Wildman–Crippen LogP) is 2.96. The van der Waals surface area contributed by atoms with Gasteiger partial charge in [0.25, 0.3) is 5.91 Å². The lowest BCUT2D eigenvalue weighted by Gasteiger charge is -2.08. The third kappa shape index (κ3) is 3.77. The normalized spacial score (nSPS) is 10.4. The molecule has 7 heteroatoms. The fourth-order valence-corrected chi connectivity index (χ4v) is 2.34. The standard InChI is InChI=1S/C19H17N3O4/c1-3-25-19(24)15-7-5-12-4-6-13(10-16(12)22-15)26-14-8-9-21-17(11-14)18(23)20-2/h4-11H,3H2,1-2H3,(H,20,23). The fourth-order valence-electron chi connectivity index (χ4n) is 2.34. The summed E-state index contributed by atoms with van der Waals surface area (Å²) in [4.78, 5) is 31.8. The van der Waals surface area contributed by atoms with Crippen LogP contribution >= 0.6 is 0 Å². The zero-order chi connectivity index (χ0) is 18.5. The van der Waals surface area contributed by atoms with Crippen LogP contribution in [-0.4, -0.2) is 35.5 Å². The summed E-state index contributed by atoms with van der Waals surface area (Å²) in [5, 5.41) is 3.38. The van der Waals surface area contributed by atoms with Gasteiger partial charge in [0, 0.05) is 30.8 Å². The number of hydrogen-bond acceptors (Lipinski definition) is 6. The van der Waals surface area contributed by atoms with E-state index >= 15 is 0 Å². The van der Waals surface area contributed by atoms with E-state index in [4.69, 9.17) is 9.47 Å². The number of fused-ring (bicyclic) bond motifs is 1. The second kappa shape index (κ2) is 7.60. The average Bonchev–Trinajstić information content (AvgIpc) is 2.67. The molecule has 1 aromatic carbocycles. The molecule has 0 fully saturated rings. The summed E-state index contributed by atoms with van der Waals surface area (Å²) in [7, 11) is 1.54. The molecule has 7 nitrogen and oxygen atoms in total. The minimum atomic E-state index is -0.468. The Morgan fingerprint density at radius 2 is 1.81 bits per heavy atom. The largest absolute Gasteiger partial charge is 0.461 e. The van der Waals surface area contributed by atoms with Crippen molar-refractivity contribution < 1.29 is 19.1 Å². The van der Waals surface area contributed by atoms with E-state index in [1.54, 1.807) is 43.3 Å². The molecule has 0 aliphatic rings. The second-order valence-corrected chi connectivity index (χ2v) is 5.33. The first kappa shape index (κ1) is 17.3. The average molecular weight is 351 g/mol. The molecule has 0 spiro atoms. The van der Waals surface area contributed by atoms with E-state index in [-0.39, 0.29) is 23.9 Å². The number of carbonyl (C=O) groups excluding carboxylic acids is 2. The molecule has 132 valence electrons. The summed E-state index contributed by atoms with van der Waals surface area (Å²) in [5.41, 5.74) is 1.10. The Kier molecular flexibility index (Phi) is 5.07. The Balaban J connectivity index is 1.88. The van der Waals surface area contributed by atoms with Gasteiger partial charge in [-0.15, -0.1) is 0 Å². The molecule has 3 rings (SSSR count). The Labute approximate surface area is 150 Å². The topological polar surface area (TPSA) is 90.4 Å². The fraction of sp³-hybridized carbons (Fsp3) is 0.158. The minimum absolute atomic E-state index is 0.238. The first-order valence-electron chi connectivity index (χ1n) is 8.04. The molecule has 0 unspecified atom stereocenters. The number of aromatic nitrogens is 2. The Morgan fingerprint density at radius 3 is 2.58 bits per heavy atom. The van der Waals surface area contributed by atoms with E-state index in [2.05, 4.69) is 15.3 Å². The zero-order valence-corrected chi connectivity index (χ0v) is 14.4.